The predicted molar refractivity (Wildman–Crippen MR) is 79.0 cm³/mol. The molecule has 1 aliphatic carbocycles. The van der Waals surface area contributed by atoms with Crippen LogP contribution < -0.4 is 5.69 Å². The van der Waals surface area contributed by atoms with E-state index >= 15 is 0 Å². The van der Waals surface area contributed by atoms with Crippen molar-refractivity contribution < 1.29 is 23.2 Å². The Balaban J connectivity index is 1.93. The van der Waals surface area contributed by atoms with Crippen LogP contribution in [-0.2, 0) is 6.18 Å². The van der Waals surface area contributed by atoms with Gasteiger partial charge < -0.3 is 5.11 Å². The van der Waals surface area contributed by atoms with Crippen LogP contribution in [0.15, 0.2) is 23.0 Å². The molecule has 132 valence electrons. The SMILES string of the molecule is O=c1n(-c2ccc([N+](=O)[O-])c(C(F)(F)F)c2)c(O)c2n1[C@H]1CC[C@@H]2C1. The lowest BCUT2D eigenvalue weighted by molar-refractivity contribution is -0.388. The first kappa shape index (κ1) is 15.7. The highest BCUT2D eigenvalue weighted by molar-refractivity contribution is 5.52. The fourth-order valence-electron chi connectivity index (χ4n) is 3.98. The van der Waals surface area contributed by atoms with Crippen molar-refractivity contribution in [1.29, 1.82) is 0 Å². The highest BCUT2D eigenvalue weighted by Gasteiger charge is 2.43. The van der Waals surface area contributed by atoms with Gasteiger partial charge in [0.05, 0.1) is 16.3 Å². The van der Waals surface area contributed by atoms with Crippen molar-refractivity contribution in [2.24, 2.45) is 0 Å². The summed E-state index contributed by atoms with van der Waals surface area (Å²) in [5, 5.41) is 21.2. The van der Waals surface area contributed by atoms with Crippen LogP contribution in [0.4, 0.5) is 18.9 Å². The molecular weight excluding hydrogens is 343 g/mol. The summed E-state index contributed by atoms with van der Waals surface area (Å²) in [7, 11) is 0. The zero-order valence-corrected chi connectivity index (χ0v) is 12.7. The topological polar surface area (TPSA) is 90.3 Å². The molecule has 10 heteroatoms. The summed E-state index contributed by atoms with van der Waals surface area (Å²) in [6, 6.07) is 2.20. The standard InChI is InChI=1S/C15H12F3N3O4/c16-15(17,18)10-6-9(3-4-11(10)21(24)25)20-13(22)12-7-1-2-8(5-7)19(12)14(20)23/h3-4,6-8,22H,1-2,5H2/t7-,8+/m1/s1. The van der Waals surface area contributed by atoms with E-state index in [1.54, 1.807) is 0 Å². The number of rotatable bonds is 2. The Morgan fingerprint density at radius 3 is 2.60 bits per heavy atom. The molecule has 0 radical (unpaired) electrons. The molecule has 2 bridgehead atoms. The zero-order chi connectivity index (χ0) is 18.1. The van der Waals surface area contributed by atoms with E-state index in [4.69, 9.17) is 0 Å². The number of nitro benzene ring substituents is 1. The molecule has 0 amide bonds. The fourth-order valence-corrected chi connectivity index (χ4v) is 3.98. The molecule has 4 rings (SSSR count). The maximum Gasteiger partial charge on any atom is 0.423 e. The normalized spacial score (nSPS) is 21.6. The third-order valence-corrected chi connectivity index (χ3v) is 5.00. The third kappa shape index (κ3) is 2.09. The molecule has 1 fully saturated rings. The van der Waals surface area contributed by atoms with Crippen molar-refractivity contribution in [1.82, 2.24) is 9.13 Å². The van der Waals surface area contributed by atoms with E-state index in [9.17, 15) is 33.2 Å². The van der Waals surface area contributed by atoms with Gasteiger partial charge in [-0.25, -0.2) is 9.36 Å². The molecule has 2 aromatic rings. The smallest absolute Gasteiger partial charge is 0.423 e. The van der Waals surface area contributed by atoms with E-state index in [1.165, 1.54) is 4.57 Å². The van der Waals surface area contributed by atoms with Gasteiger partial charge in [-0.05, 0) is 31.4 Å². The van der Waals surface area contributed by atoms with E-state index in [1.807, 2.05) is 0 Å². The van der Waals surface area contributed by atoms with Crippen molar-refractivity contribution >= 4 is 5.69 Å². The molecule has 2 heterocycles. The Bertz CT molecular complexity index is 960. The van der Waals surface area contributed by atoms with Crippen LogP contribution in [-0.4, -0.2) is 19.2 Å². The van der Waals surface area contributed by atoms with Crippen LogP contribution in [0.2, 0.25) is 0 Å². The molecule has 0 unspecified atom stereocenters. The summed E-state index contributed by atoms with van der Waals surface area (Å²) in [6.07, 6.45) is -2.61. The Morgan fingerprint density at radius 2 is 2.00 bits per heavy atom. The molecular formula is C15H12F3N3O4. The number of imidazole rings is 1. The molecule has 1 aromatic heterocycles. The van der Waals surface area contributed by atoms with Gasteiger partial charge in [0.1, 0.15) is 5.56 Å². The minimum Gasteiger partial charge on any atom is -0.493 e. The summed E-state index contributed by atoms with van der Waals surface area (Å²) in [5.74, 6) is -0.377. The second-order valence-corrected chi connectivity index (χ2v) is 6.32. The molecule has 25 heavy (non-hydrogen) atoms. The Morgan fingerprint density at radius 1 is 1.28 bits per heavy atom. The molecule has 7 nitrogen and oxygen atoms in total. The van der Waals surface area contributed by atoms with E-state index < -0.39 is 28.0 Å². The van der Waals surface area contributed by atoms with Gasteiger partial charge in [-0.1, -0.05) is 0 Å². The number of aromatic hydroxyl groups is 1. The van der Waals surface area contributed by atoms with Crippen molar-refractivity contribution in [2.45, 2.75) is 37.4 Å². The van der Waals surface area contributed by atoms with Crippen LogP contribution in [0.1, 0.15) is 42.5 Å². The summed E-state index contributed by atoms with van der Waals surface area (Å²) in [4.78, 5) is 22.3. The summed E-state index contributed by atoms with van der Waals surface area (Å²) < 4.78 is 41.6. The molecule has 1 aliphatic heterocycles. The van der Waals surface area contributed by atoms with Crippen LogP contribution in [0.5, 0.6) is 5.88 Å². The molecule has 0 spiro atoms. The monoisotopic (exact) mass is 355 g/mol. The fraction of sp³-hybridized carbons (Fsp3) is 0.400. The van der Waals surface area contributed by atoms with Crippen molar-refractivity contribution in [3.05, 3.63) is 50.1 Å². The van der Waals surface area contributed by atoms with Gasteiger partial charge >= 0.3 is 11.9 Å². The molecule has 1 N–H and O–H groups in total. The van der Waals surface area contributed by atoms with Gasteiger partial charge in [0.2, 0.25) is 5.88 Å². The first-order chi connectivity index (χ1) is 11.7. The number of fused-ring (bicyclic) bond motifs is 5. The minimum atomic E-state index is -4.96. The molecule has 1 aromatic carbocycles. The van der Waals surface area contributed by atoms with Gasteiger partial charge in [0.25, 0.3) is 5.69 Å². The highest BCUT2D eigenvalue weighted by atomic mass is 19.4. The van der Waals surface area contributed by atoms with Gasteiger partial charge in [0.15, 0.2) is 0 Å². The van der Waals surface area contributed by atoms with Crippen molar-refractivity contribution in [3.8, 4) is 11.6 Å². The maximum atomic E-state index is 13.1. The first-order valence-corrected chi connectivity index (χ1v) is 7.62. The van der Waals surface area contributed by atoms with Gasteiger partial charge in [-0.3, -0.25) is 14.7 Å². The molecule has 2 aliphatic rings. The molecule has 0 saturated heterocycles. The largest absolute Gasteiger partial charge is 0.493 e. The lowest BCUT2D eigenvalue weighted by atomic mass is 10.1. The minimum absolute atomic E-state index is 0.0130. The average Bonchev–Trinajstić information content (AvgIpc) is 3.20. The Kier molecular flexibility index (Phi) is 3.06. The van der Waals surface area contributed by atoms with Gasteiger partial charge in [-0.2, -0.15) is 13.2 Å². The predicted octanol–water partition coefficient (Wildman–Crippen LogP) is 3.09. The number of alkyl halides is 3. The lowest BCUT2D eigenvalue weighted by Gasteiger charge is -2.11. The van der Waals surface area contributed by atoms with Gasteiger partial charge in [-0.15, -0.1) is 0 Å². The van der Waals surface area contributed by atoms with E-state index in [2.05, 4.69) is 0 Å². The van der Waals surface area contributed by atoms with E-state index in [0.29, 0.717) is 17.8 Å². The van der Waals surface area contributed by atoms with Crippen LogP contribution in [0.3, 0.4) is 0 Å². The second kappa shape index (κ2) is 4.87. The third-order valence-electron chi connectivity index (χ3n) is 5.00. The molecule has 1 saturated carbocycles. The average molecular weight is 355 g/mol. The number of hydrogen-bond acceptors (Lipinski definition) is 4. The number of halogens is 3. The number of nitrogens with zero attached hydrogens (tertiary/aromatic N) is 3. The quantitative estimate of drug-likeness (QED) is 0.662. The number of benzene rings is 1. The maximum absolute atomic E-state index is 13.1. The van der Waals surface area contributed by atoms with Crippen LogP contribution in [0.25, 0.3) is 5.69 Å². The summed E-state index contributed by atoms with van der Waals surface area (Å²) in [5.41, 5.74) is -3.00. The zero-order valence-electron chi connectivity index (χ0n) is 12.7. The van der Waals surface area contributed by atoms with Crippen molar-refractivity contribution in [2.75, 3.05) is 0 Å². The number of aromatic nitrogens is 2. The van der Waals surface area contributed by atoms with E-state index in [-0.39, 0.29) is 23.5 Å². The first-order valence-electron chi connectivity index (χ1n) is 7.62. The van der Waals surface area contributed by atoms with Gasteiger partial charge in [0, 0.05) is 18.0 Å². The molecule has 2 atom stereocenters. The number of nitro groups is 1. The summed E-state index contributed by atoms with van der Waals surface area (Å²) >= 11 is 0. The second-order valence-electron chi connectivity index (χ2n) is 6.32. The highest BCUT2D eigenvalue weighted by Crippen LogP contribution is 2.51. The van der Waals surface area contributed by atoms with Crippen LogP contribution in [0, 0.1) is 10.1 Å². The Hall–Kier alpha value is -2.78. The Labute approximate surface area is 138 Å². The lowest BCUT2D eigenvalue weighted by Crippen LogP contribution is -2.25. The van der Waals surface area contributed by atoms with E-state index in [0.717, 1.165) is 29.9 Å². The van der Waals surface area contributed by atoms with Crippen molar-refractivity contribution in [3.63, 3.8) is 0 Å². The van der Waals surface area contributed by atoms with Crippen LogP contribution >= 0.6 is 0 Å². The number of hydrogen-bond donors (Lipinski definition) is 1. The summed E-state index contributed by atoms with van der Waals surface area (Å²) in [6.45, 7) is 0.